The quantitative estimate of drug-likeness (QED) is 0.868. The van der Waals surface area contributed by atoms with Gasteiger partial charge in [0.1, 0.15) is 0 Å². The molecule has 1 amide bonds. The standard InChI is InChI=1S/C16H23NO3/c1-20-11-13-6-5-7-14(10-13)15(18)17-12-16(19)8-3-2-4-9-16/h5-7,10,19H,2-4,8-9,11-12H2,1H3,(H,17,18). The zero-order valence-corrected chi connectivity index (χ0v) is 12.0. The number of rotatable bonds is 5. The molecule has 1 aliphatic rings. The molecule has 1 fully saturated rings. The van der Waals surface area contributed by atoms with E-state index in [0.717, 1.165) is 31.2 Å². The van der Waals surface area contributed by atoms with Crippen LogP contribution in [0.25, 0.3) is 0 Å². The Morgan fingerprint density at radius 1 is 1.35 bits per heavy atom. The highest BCUT2D eigenvalue weighted by Gasteiger charge is 2.29. The van der Waals surface area contributed by atoms with Gasteiger partial charge in [0.15, 0.2) is 0 Å². The van der Waals surface area contributed by atoms with E-state index in [9.17, 15) is 9.90 Å². The van der Waals surface area contributed by atoms with E-state index >= 15 is 0 Å². The molecule has 4 nitrogen and oxygen atoms in total. The number of hydrogen-bond acceptors (Lipinski definition) is 3. The highest BCUT2D eigenvalue weighted by Crippen LogP contribution is 2.27. The van der Waals surface area contributed by atoms with Gasteiger partial charge >= 0.3 is 0 Å². The van der Waals surface area contributed by atoms with Gasteiger partial charge in [0.05, 0.1) is 12.2 Å². The van der Waals surface area contributed by atoms with Gasteiger partial charge in [0, 0.05) is 19.2 Å². The van der Waals surface area contributed by atoms with Gasteiger partial charge in [-0.3, -0.25) is 4.79 Å². The van der Waals surface area contributed by atoms with E-state index in [1.807, 2.05) is 18.2 Å². The highest BCUT2D eigenvalue weighted by atomic mass is 16.5. The van der Waals surface area contributed by atoms with Crippen LogP contribution in [-0.4, -0.2) is 30.3 Å². The highest BCUT2D eigenvalue weighted by molar-refractivity contribution is 5.94. The van der Waals surface area contributed by atoms with E-state index in [1.54, 1.807) is 13.2 Å². The van der Waals surface area contributed by atoms with Gasteiger partial charge < -0.3 is 15.2 Å². The average Bonchev–Trinajstić information content (AvgIpc) is 2.46. The molecule has 0 radical (unpaired) electrons. The summed E-state index contributed by atoms with van der Waals surface area (Å²) in [6.07, 6.45) is 4.80. The van der Waals surface area contributed by atoms with Gasteiger partial charge in [-0.1, -0.05) is 31.4 Å². The van der Waals surface area contributed by atoms with E-state index in [4.69, 9.17) is 4.74 Å². The maximum atomic E-state index is 12.1. The molecule has 0 unspecified atom stereocenters. The van der Waals surface area contributed by atoms with Crippen LogP contribution in [0.5, 0.6) is 0 Å². The van der Waals surface area contributed by atoms with Crippen LogP contribution in [-0.2, 0) is 11.3 Å². The topological polar surface area (TPSA) is 58.6 Å². The van der Waals surface area contributed by atoms with Gasteiger partial charge in [0.2, 0.25) is 0 Å². The van der Waals surface area contributed by atoms with Gasteiger partial charge in [-0.15, -0.1) is 0 Å². The number of nitrogens with one attached hydrogen (secondary N) is 1. The summed E-state index contributed by atoms with van der Waals surface area (Å²) >= 11 is 0. The minimum Gasteiger partial charge on any atom is -0.388 e. The Kier molecular flexibility index (Phi) is 5.15. The first-order chi connectivity index (χ1) is 9.63. The molecular formula is C16H23NO3. The fourth-order valence-corrected chi connectivity index (χ4v) is 2.70. The first-order valence-corrected chi connectivity index (χ1v) is 7.21. The second kappa shape index (κ2) is 6.86. The van der Waals surface area contributed by atoms with Crippen molar-refractivity contribution in [1.29, 1.82) is 0 Å². The fourth-order valence-electron chi connectivity index (χ4n) is 2.70. The third-order valence-corrected chi connectivity index (χ3v) is 3.86. The van der Waals surface area contributed by atoms with Gasteiger partial charge in [-0.05, 0) is 30.5 Å². The summed E-state index contributed by atoms with van der Waals surface area (Å²) in [7, 11) is 1.63. The van der Waals surface area contributed by atoms with Gasteiger partial charge in [-0.2, -0.15) is 0 Å². The van der Waals surface area contributed by atoms with Gasteiger partial charge in [0.25, 0.3) is 5.91 Å². The lowest BCUT2D eigenvalue weighted by Gasteiger charge is -2.32. The normalized spacial score (nSPS) is 17.7. The van der Waals surface area contributed by atoms with E-state index in [0.29, 0.717) is 18.7 Å². The molecule has 4 heteroatoms. The fraction of sp³-hybridized carbons (Fsp3) is 0.562. The van der Waals surface area contributed by atoms with Gasteiger partial charge in [-0.25, -0.2) is 0 Å². The molecule has 0 aliphatic heterocycles. The molecule has 0 saturated heterocycles. The summed E-state index contributed by atoms with van der Waals surface area (Å²) < 4.78 is 5.06. The lowest BCUT2D eigenvalue weighted by molar-refractivity contribution is 0.00525. The van der Waals surface area contributed by atoms with Crippen molar-refractivity contribution in [2.24, 2.45) is 0 Å². The second-order valence-corrected chi connectivity index (χ2v) is 5.60. The summed E-state index contributed by atoms with van der Waals surface area (Å²) in [6.45, 7) is 0.825. The molecule has 0 aromatic heterocycles. The minimum absolute atomic E-state index is 0.137. The Bertz CT molecular complexity index is 453. The largest absolute Gasteiger partial charge is 0.388 e. The molecule has 1 aliphatic carbocycles. The average molecular weight is 277 g/mol. The lowest BCUT2D eigenvalue weighted by Crippen LogP contribution is -2.44. The Labute approximate surface area is 120 Å². The number of aliphatic hydroxyl groups is 1. The number of carbonyl (C=O) groups excluding carboxylic acids is 1. The summed E-state index contributed by atoms with van der Waals surface area (Å²) in [5, 5.41) is 13.2. The molecule has 1 aromatic carbocycles. The van der Waals surface area contributed by atoms with Crippen molar-refractivity contribution in [2.75, 3.05) is 13.7 Å². The number of methoxy groups -OCH3 is 1. The number of carbonyl (C=O) groups is 1. The van der Waals surface area contributed by atoms with Crippen LogP contribution in [0.4, 0.5) is 0 Å². The van der Waals surface area contributed by atoms with Crippen LogP contribution in [0, 0.1) is 0 Å². The zero-order valence-electron chi connectivity index (χ0n) is 12.0. The van der Waals surface area contributed by atoms with E-state index in [2.05, 4.69) is 5.32 Å². The predicted molar refractivity (Wildman–Crippen MR) is 77.5 cm³/mol. The molecular weight excluding hydrogens is 254 g/mol. The summed E-state index contributed by atoms with van der Waals surface area (Å²) in [5.41, 5.74) is 0.855. The number of amides is 1. The number of benzene rings is 1. The van der Waals surface area contributed by atoms with E-state index in [-0.39, 0.29) is 5.91 Å². The molecule has 0 bridgehead atoms. The number of hydrogen-bond donors (Lipinski definition) is 2. The first-order valence-electron chi connectivity index (χ1n) is 7.21. The van der Waals surface area contributed by atoms with Crippen molar-refractivity contribution in [3.8, 4) is 0 Å². The Balaban J connectivity index is 1.92. The third kappa shape index (κ3) is 4.05. The summed E-state index contributed by atoms with van der Waals surface area (Å²) in [5.74, 6) is -0.137. The van der Waals surface area contributed by atoms with Crippen LogP contribution in [0.1, 0.15) is 48.0 Å². The molecule has 0 heterocycles. The summed E-state index contributed by atoms with van der Waals surface area (Å²) in [4.78, 5) is 12.1. The Hall–Kier alpha value is -1.39. The van der Waals surface area contributed by atoms with E-state index < -0.39 is 5.60 Å². The smallest absolute Gasteiger partial charge is 0.251 e. The molecule has 1 aromatic rings. The SMILES string of the molecule is COCc1cccc(C(=O)NCC2(O)CCCCC2)c1. The number of ether oxygens (including phenoxy) is 1. The first kappa shape index (κ1) is 15.0. The molecule has 0 atom stereocenters. The Morgan fingerprint density at radius 2 is 2.10 bits per heavy atom. The second-order valence-electron chi connectivity index (χ2n) is 5.60. The third-order valence-electron chi connectivity index (χ3n) is 3.86. The van der Waals surface area contributed by atoms with E-state index in [1.165, 1.54) is 6.42 Å². The van der Waals surface area contributed by atoms with Crippen LogP contribution < -0.4 is 5.32 Å². The summed E-state index contributed by atoms with van der Waals surface area (Å²) in [6, 6.07) is 7.37. The van der Waals surface area contributed by atoms with Crippen molar-refractivity contribution < 1.29 is 14.6 Å². The maximum Gasteiger partial charge on any atom is 0.251 e. The van der Waals surface area contributed by atoms with Crippen molar-refractivity contribution in [3.05, 3.63) is 35.4 Å². The van der Waals surface area contributed by atoms with Crippen molar-refractivity contribution in [1.82, 2.24) is 5.32 Å². The molecule has 0 spiro atoms. The van der Waals surface area contributed by atoms with Crippen LogP contribution in [0.2, 0.25) is 0 Å². The van der Waals surface area contributed by atoms with Crippen LogP contribution in [0.15, 0.2) is 24.3 Å². The maximum absolute atomic E-state index is 12.1. The zero-order chi connectivity index (χ0) is 14.4. The van der Waals surface area contributed by atoms with Crippen molar-refractivity contribution in [3.63, 3.8) is 0 Å². The monoisotopic (exact) mass is 277 g/mol. The molecule has 2 rings (SSSR count). The molecule has 1 saturated carbocycles. The molecule has 20 heavy (non-hydrogen) atoms. The van der Waals surface area contributed by atoms with Crippen LogP contribution in [0.3, 0.4) is 0 Å². The Morgan fingerprint density at radius 3 is 2.80 bits per heavy atom. The molecule has 110 valence electrons. The van der Waals surface area contributed by atoms with Crippen molar-refractivity contribution >= 4 is 5.91 Å². The predicted octanol–water partition coefficient (Wildman–Crippen LogP) is 2.26. The minimum atomic E-state index is -0.724. The molecule has 2 N–H and O–H groups in total. The van der Waals surface area contributed by atoms with Crippen LogP contribution >= 0.6 is 0 Å². The van der Waals surface area contributed by atoms with Crippen molar-refractivity contribution in [2.45, 2.75) is 44.3 Å². The lowest BCUT2D eigenvalue weighted by atomic mass is 9.85.